The number of likely N-dealkylation sites (tertiary alicyclic amines) is 1. The molecule has 2 rings (SSSR count). The topological polar surface area (TPSA) is 58.4 Å². The maximum atomic E-state index is 12.3. The average molecular weight is 316 g/mol. The minimum Gasteiger partial charge on any atom is -0.391 e. The first-order valence-corrected chi connectivity index (χ1v) is 8.95. The van der Waals surface area contributed by atoms with Gasteiger partial charge in [-0.05, 0) is 50.2 Å². The maximum absolute atomic E-state index is 12.3. The summed E-state index contributed by atoms with van der Waals surface area (Å²) >= 11 is 7.22. The van der Waals surface area contributed by atoms with Crippen LogP contribution in [0.2, 0.25) is 0 Å². The largest absolute Gasteiger partial charge is 0.391 e. The van der Waals surface area contributed by atoms with E-state index in [4.69, 9.17) is 18.0 Å². The average Bonchev–Trinajstić information content (AvgIpc) is 2.42. The molecule has 2 saturated heterocycles. The highest BCUT2D eigenvalue weighted by atomic mass is 32.2. The van der Waals surface area contributed by atoms with Gasteiger partial charge in [0.05, 0.1) is 10.5 Å². The third-order valence-electron chi connectivity index (χ3n) is 4.51. The van der Waals surface area contributed by atoms with Crippen molar-refractivity contribution < 1.29 is 4.79 Å². The van der Waals surface area contributed by atoms with Crippen molar-refractivity contribution >= 4 is 34.9 Å². The lowest BCUT2D eigenvalue weighted by Gasteiger charge is -2.40. The van der Waals surface area contributed by atoms with Crippen molar-refractivity contribution in [3.05, 3.63) is 0 Å². The predicted molar refractivity (Wildman–Crippen MR) is 89.1 cm³/mol. The first-order chi connectivity index (χ1) is 9.52. The predicted octanol–water partition coefficient (Wildman–Crippen LogP) is 1.39. The third kappa shape index (κ3) is 4.09. The number of thiocarbonyl (C=S) groups is 1. The van der Waals surface area contributed by atoms with E-state index in [2.05, 4.69) is 17.3 Å². The molecule has 0 unspecified atom stereocenters. The van der Waals surface area contributed by atoms with Crippen LogP contribution in [0.4, 0.5) is 0 Å². The van der Waals surface area contributed by atoms with Crippen LogP contribution in [-0.2, 0) is 4.79 Å². The zero-order valence-electron chi connectivity index (χ0n) is 12.2. The number of carbonyl (C=O) groups is 1. The second kappa shape index (κ2) is 7.09. The Morgan fingerprint density at radius 1 is 1.40 bits per heavy atom. The minimum absolute atomic E-state index is 0.124. The number of carbonyl (C=O) groups excluding carboxylic acids is 1. The molecular weight excluding hydrogens is 290 g/mol. The first-order valence-electron chi connectivity index (χ1n) is 7.39. The summed E-state index contributed by atoms with van der Waals surface area (Å²) < 4.78 is 0. The highest BCUT2D eigenvalue weighted by Crippen LogP contribution is 2.27. The normalized spacial score (nSPS) is 24.2. The van der Waals surface area contributed by atoms with Crippen LogP contribution in [0.5, 0.6) is 0 Å². The molecule has 20 heavy (non-hydrogen) atoms. The molecule has 1 amide bonds. The Bertz CT molecular complexity index is 361. The maximum Gasteiger partial charge on any atom is 0.221 e. The molecule has 0 atom stereocenters. The van der Waals surface area contributed by atoms with Crippen LogP contribution in [0.25, 0.3) is 0 Å². The summed E-state index contributed by atoms with van der Waals surface area (Å²) in [6.45, 7) is 1.86. The van der Waals surface area contributed by atoms with Crippen LogP contribution in [0, 0.1) is 5.92 Å². The first kappa shape index (κ1) is 16.0. The quantitative estimate of drug-likeness (QED) is 0.768. The number of thioether (sulfide) groups is 1. The van der Waals surface area contributed by atoms with Gasteiger partial charge in [0.1, 0.15) is 0 Å². The summed E-state index contributed by atoms with van der Waals surface area (Å²) in [4.78, 5) is 15.0. The summed E-state index contributed by atoms with van der Waals surface area (Å²) in [7, 11) is 2.09. The fraction of sp³-hybridized carbons (Fsp3) is 0.857. The molecule has 6 heteroatoms. The molecule has 3 N–H and O–H groups in total. The lowest BCUT2D eigenvalue weighted by Crippen LogP contribution is -2.61. The van der Waals surface area contributed by atoms with Crippen LogP contribution in [0.15, 0.2) is 0 Å². The van der Waals surface area contributed by atoms with Crippen molar-refractivity contribution in [1.82, 2.24) is 10.2 Å². The summed E-state index contributed by atoms with van der Waals surface area (Å²) in [6.07, 6.45) is 4.58. The Balaban J connectivity index is 1.90. The molecule has 2 fully saturated rings. The lowest BCUT2D eigenvalue weighted by atomic mass is 9.86. The van der Waals surface area contributed by atoms with Crippen molar-refractivity contribution in [1.29, 1.82) is 0 Å². The van der Waals surface area contributed by atoms with Crippen LogP contribution >= 0.6 is 24.0 Å². The van der Waals surface area contributed by atoms with Gasteiger partial charge in [0.15, 0.2) is 0 Å². The molecule has 114 valence electrons. The molecule has 0 aromatic heterocycles. The second-order valence-electron chi connectivity index (χ2n) is 6.06. The highest BCUT2D eigenvalue weighted by Gasteiger charge is 2.38. The number of hydrogen-bond acceptors (Lipinski definition) is 4. The number of hydrogen-bond donors (Lipinski definition) is 2. The van der Waals surface area contributed by atoms with E-state index < -0.39 is 5.54 Å². The zero-order valence-corrected chi connectivity index (χ0v) is 13.8. The van der Waals surface area contributed by atoms with Gasteiger partial charge in [0.2, 0.25) is 5.91 Å². The monoisotopic (exact) mass is 315 g/mol. The molecule has 2 heterocycles. The van der Waals surface area contributed by atoms with Gasteiger partial charge in [0, 0.05) is 19.5 Å². The van der Waals surface area contributed by atoms with E-state index in [0.717, 1.165) is 38.8 Å². The summed E-state index contributed by atoms with van der Waals surface area (Å²) in [5.74, 6) is 3.02. The SMILES string of the molecule is CN1CCC(NC(=O)CC2CCSCC2)(C(N)=S)CC1. The van der Waals surface area contributed by atoms with Crippen molar-refractivity contribution in [3.63, 3.8) is 0 Å². The number of nitrogens with one attached hydrogen (secondary N) is 1. The van der Waals surface area contributed by atoms with Gasteiger partial charge < -0.3 is 16.0 Å². The van der Waals surface area contributed by atoms with Gasteiger partial charge in [-0.25, -0.2) is 0 Å². The van der Waals surface area contributed by atoms with Crippen molar-refractivity contribution in [2.24, 2.45) is 11.7 Å². The van der Waals surface area contributed by atoms with Gasteiger partial charge in [-0.1, -0.05) is 12.2 Å². The lowest BCUT2D eigenvalue weighted by molar-refractivity contribution is -0.123. The molecule has 0 spiro atoms. The Labute approximate surface area is 131 Å². The molecule has 0 radical (unpaired) electrons. The molecule has 0 bridgehead atoms. The minimum atomic E-state index is -0.456. The number of piperidine rings is 1. The molecule has 2 aliphatic heterocycles. The zero-order chi connectivity index (χ0) is 14.6. The Morgan fingerprint density at radius 3 is 2.55 bits per heavy atom. The summed E-state index contributed by atoms with van der Waals surface area (Å²) in [6, 6.07) is 0. The van der Waals surface area contributed by atoms with Crippen molar-refractivity contribution in [2.45, 2.75) is 37.6 Å². The van der Waals surface area contributed by atoms with E-state index in [0.29, 0.717) is 17.3 Å². The molecule has 0 aliphatic carbocycles. The number of nitrogens with two attached hydrogens (primary N) is 1. The Kier molecular flexibility index (Phi) is 5.69. The Morgan fingerprint density at radius 2 is 2.00 bits per heavy atom. The van der Waals surface area contributed by atoms with E-state index in [1.54, 1.807) is 0 Å². The van der Waals surface area contributed by atoms with Gasteiger partial charge in [0.25, 0.3) is 0 Å². The highest BCUT2D eigenvalue weighted by molar-refractivity contribution is 7.99. The van der Waals surface area contributed by atoms with E-state index >= 15 is 0 Å². The summed E-state index contributed by atoms with van der Waals surface area (Å²) in [5.41, 5.74) is 5.47. The fourth-order valence-corrected chi connectivity index (χ4v) is 4.42. The fourth-order valence-electron chi connectivity index (χ4n) is 2.96. The van der Waals surface area contributed by atoms with Gasteiger partial charge in [-0.3, -0.25) is 4.79 Å². The van der Waals surface area contributed by atoms with E-state index in [1.807, 2.05) is 11.8 Å². The van der Waals surface area contributed by atoms with E-state index in [-0.39, 0.29) is 5.91 Å². The van der Waals surface area contributed by atoms with Crippen LogP contribution in [0.3, 0.4) is 0 Å². The molecular formula is C14H25N3OS2. The van der Waals surface area contributed by atoms with Crippen LogP contribution < -0.4 is 11.1 Å². The smallest absolute Gasteiger partial charge is 0.221 e. The number of amides is 1. The molecule has 0 saturated carbocycles. The van der Waals surface area contributed by atoms with Gasteiger partial charge in [-0.2, -0.15) is 11.8 Å². The number of nitrogens with zero attached hydrogens (tertiary/aromatic N) is 1. The summed E-state index contributed by atoms with van der Waals surface area (Å²) in [5, 5.41) is 3.16. The van der Waals surface area contributed by atoms with Crippen LogP contribution in [0.1, 0.15) is 32.1 Å². The second-order valence-corrected chi connectivity index (χ2v) is 7.72. The molecule has 2 aliphatic rings. The third-order valence-corrected chi connectivity index (χ3v) is 5.95. The van der Waals surface area contributed by atoms with Crippen LogP contribution in [-0.4, -0.2) is 53.0 Å². The molecule has 4 nitrogen and oxygen atoms in total. The van der Waals surface area contributed by atoms with E-state index in [9.17, 15) is 4.79 Å². The molecule has 0 aromatic carbocycles. The van der Waals surface area contributed by atoms with Gasteiger partial charge >= 0.3 is 0 Å². The standard InChI is InChI=1S/C14H25N3OS2/c1-17-6-4-14(5-7-17,13(15)19)16-12(18)10-11-2-8-20-9-3-11/h11H,2-10H2,1H3,(H2,15,19)(H,16,18). The molecule has 0 aromatic rings. The van der Waals surface area contributed by atoms with Crippen molar-refractivity contribution in [2.75, 3.05) is 31.6 Å². The van der Waals surface area contributed by atoms with E-state index in [1.165, 1.54) is 11.5 Å². The van der Waals surface area contributed by atoms with Gasteiger partial charge in [-0.15, -0.1) is 0 Å². The Hall–Kier alpha value is -0.330. The number of rotatable bonds is 4. The van der Waals surface area contributed by atoms with Crippen molar-refractivity contribution in [3.8, 4) is 0 Å².